The smallest absolute Gasteiger partial charge is 0.357 e. The zero-order chi connectivity index (χ0) is 23.1. The highest BCUT2D eigenvalue weighted by atomic mass is 35.5. The Morgan fingerprint density at radius 1 is 0.969 bits per heavy atom. The van der Waals surface area contributed by atoms with Crippen molar-refractivity contribution in [2.24, 2.45) is 17.6 Å². The minimum absolute atomic E-state index is 0.0393. The molecule has 2 aromatic heterocycles. The van der Waals surface area contributed by atoms with Crippen molar-refractivity contribution >= 4 is 35.1 Å². The van der Waals surface area contributed by atoms with Crippen molar-refractivity contribution in [1.29, 1.82) is 0 Å². The van der Waals surface area contributed by atoms with Crippen LogP contribution in [-0.4, -0.2) is 64.8 Å². The molecule has 0 aromatic carbocycles. The van der Waals surface area contributed by atoms with Gasteiger partial charge < -0.3 is 19.9 Å². The largest absolute Gasteiger partial charge is 0.461 e. The van der Waals surface area contributed by atoms with Crippen molar-refractivity contribution in [2.45, 2.75) is 19.8 Å². The number of esters is 1. The minimum Gasteiger partial charge on any atom is -0.461 e. The Labute approximate surface area is 194 Å². The number of nitrogens with zero attached hydrogens (tertiary/aromatic N) is 4. The number of rotatable bonds is 7. The van der Waals surface area contributed by atoms with Crippen molar-refractivity contribution in [2.75, 3.05) is 33.0 Å². The van der Waals surface area contributed by atoms with E-state index in [-0.39, 0.29) is 22.0 Å². The Hall–Kier alpha value is -2.40. The Morgan fingerprint density at radius 3 is 1.84 bits per heavy atom. The Balaban J connectivity index is 0.000000182. The molecule has 2 aromatic rings. The highest BCUT2D eigenvalue weighted by molar-refractivity contribution is 6.28. The number of amides is 1. The predicted octanol–water partition coefficient (Wildman–Crippen LogP) is 1.91. The average molecular weight is 484 g/mol. The van der Waals surface area contributed by atoms with Crippen molar-refractivity contribution in [3.8, 4) is 0 Å². The molecule has 4 rings (SSSR count). The topological polar surface area (TPSA) is 139 Å². The lowest BCUT2D eigenvalue weighted by Gasteiger charge is -2.26. The van der Waals surface area contributed by atoms with E-state index in [1.54, 1.807) is 19.3 Å². The second kappa shape index (κ2) is 11.5. The summed E-state index contributed by atoms with van der Waals surface area (Å²) in [4.78, 5) is 38.3. The third-order valence-electron chi connectivity index (χ3n) is 4.80. The molecule has 2 N–H and O–H groups in total. The lowest BCUT2D eigenvalue weighted by Crippen LogP contribution is -2.30. The monoisotopic (exact) mass is 483 g/mol. The van der Waals surface area contributed by atoms with Crippen LogP contribution in [-0.2, 0) is 27.1 Å². The Bertz CT molecular complexity index is 969. The molecule has 172 valence electrons. The van der Waals surface area contributed by atoms with E-state index in [2.05, 4.69) is 19.9 Å². The minimum atomic E-state index is -0.574. The molecule has 12 heteroatoms. The van der Waals surface area contributed by atoms with E-state index in [0.29, 0.717) is 57.7 Å². The summed E-state index contributed by atoms with van der Waals surface area (Å²) in [6, 6.07) is 0. The number of halogens is 2. The van der Waals surface area contributed by atoms with Crippen molar-refractivity contribution in [3.63, 3.8) is 0 Å². The maximum absolute atomic E-state index is 11.7. The van der Waals surface area contributed by atoms with Gasteiger partial charge in [-0.1, -0.05) is 0 Å². The summed E-state index contributed by atoms with van der Waals surface area (Å²) in [5, 5.41) is 0.0964. The third-order valence-corrected chi connectivity index (χ3v) is 5.17. The molecule has 0 aliphatic carbocycles. The third kappa shape index (κ3) is 6.55. The average Bonchev–Trinajstić information content (AvgIpc) is 2.69. The molecule has 32 heavy (non-hydrogen) atoms. The Kier molecular flexibility index (Phi) is 8.68. The number of carbonyl (C=O) groups is 2. The van der Waals surface area contributed by atoms with Gasteiger partial charge in [-0.15, -0.1) is 0 Å². The fraction of sp³-hybridized carbons (Fsp3) is 0.500. The molecule has 0 unspecified atom stereocenters. The molecule has 4 heterocycles. The van der Waals surface area contributed by atoms with E-state index in [0.717, 1.165) is 11.1 Å². The number of ether oxygens (including phenoxy) is 3. The van der Waals surface area contributed by atoms with Gasteiger partial charge in [0, 0.05) is 35.4 Å². The molecular formula is C20H23Cl2N5O5. The number of hydrogen-bond acceptors (Lipinski definition) is 9. The molecule has 2 aliphatic heterocycles. The van der Waals surface area contributed by atoms with Gasteiger partial charge in [-0.3, -0.25) is 4.79 Å². The first-order valence-electron chi connectivity index (χ1n) is 10.0. The number of nitrogens with two attached hydrogens (primary N) is 1. The van der Waals surface area contributed by atoms with Gasteiger partial charge in [0.2, 0.25) is 10.6 Å². The number of primary amides is 1. The van der Waals surface area contributed by atoms with E-state index in [1.165, 1.54) is 0 Å². The van der Waals surface area contributed by atoms with Crippen LogP contribution >= 0.6 is 23.2 Å². The summed E-state index contributed by atoms with van der Waals surface area (Å²) in [5.41, 5.74) is 7.17. The first kappa shape index (κ1) is 24.2. The SMILES string of the molecule is CCOC(=O)c1nc(Cl)ncc1CC1COC1.NC(=O)c1nc(Cl)ncc1CC1COC1. The van der Waals surface area contributed by atoms with E-state index in [4.69, 9.17) is 43.1 Å². The number of hydrogen-bond donors (Lipinski definition) is 1. The molecule has 0 radical (unpaired) electrons. The normalized spacial score (nSPS) is 15.7. The summed E-state index contributed by atoms with van der Waals surface area (Å²) in [5.74, 6) is -0.178. The highest BCUT2D eigenvalue weighted by Gasteiger charge is 2.24. The van der Waals surface area contributed by atoms with Gasteiger partial charge >= 0.3 is 5.97 Å². The van der Waals surface area contributed by atoms with E-state index in [9.17, 15) is 9.59 Å². The molecule has 2 saturated heterocycles. The second-order valence-corrected chi connectivity index (χ2v) is 8.00. The predicted molar refractivity (Wildman–Crippen MR) is 115 cm³/mol. The molecule has 10 nitrogen and oxygen atoms in total. The first-order valence-corrected chi connectivity index (χ1v) is 10.8. The molecule has 0 saturated carbocycles. The molecule has 0 bridgehead atoms. The zero-order valence-electron chi connectivity index (χ0n) is 17.4. The summed E-state index contributed by atoms with van der Waals surface area (Å²) in [7, 11) is 0. The standard InChI is InChI=1S/C11H13ClN2O3.C9H10ClN3O2/c1-2-17-10(15)9-8(3-7-5-16-6-7)4-13-11(12)14-9;10-9-12-2-6(1-5-3-15-4-5)7(13-9)8(11)14/h4,7H,2-3,5-6H2,1H3;2,5H,1,3-4H2,(H2,11,14). The van der Waals surface area contributed by atoms with Crippen LogP contribution in [0, 0.1) is 11.8 Å². The van der Waals surface area contributed by atoms with Gasteiger partial charge in [-0.05, 0) is 43.0 Å². The summed E-state index contributed by atoms with van der Waals surface area (Å²) in [6.07, 6.45) is 4.55. The molecule has 1 amide bonds. The second-order valence-electron chi connectivity index (χ2n) is 7.33. The van der Waals surface area contributed by atoms with Crippen molar-refractivity contribution < 1.29 is 23.8 Å². The molecule has 0 atom stereocenters. The van der Waals surface area contributed by atoms with Crippen LogP contribution in [0.15, 0.2) is 12.4 Å². The van der Waals surface area contributed by atoms with Crippen LogP contribution in [0.2, 0.25) is 10.6 Å². The number of aromatic nitrogens is 4. The summed E-state index contributed by atoms with van der Waals surface area (Å²) < 4.78 is 15.1. The maximum Gasteiger partial charge on any atom is 0.357 e. The zero-order valence-corrected chi connectivity index (χ0v) is 18.9. The van der Waals surface area contributed by atoms with Gasteiger partial charge in [0.1, 0.15) is 5.69 Å². The molecular weight excluding hydrogens is 461 g/mol. The maximum atomic E-state index is 11.7. The highest BCUT2D eigenvalue weighted by Crippen LogP contribution is 2.20. The van der Waals surface area contributed by atoms with Crippen molar-refractivity contribution in [3.05, 3.63) is 45.5 Å². The summed E-state index contributed by atoms with van der Waals surface area (Å²) >= 11 is 11.3. The van der Waals surface area contributed by atoms with Crippen LogP contribution in [0.4, 0.5) is 0 Å². The van der Waals surface area contributed by atoms with Crippen LogP contribution in [0.5, 0.6) is 0 Å². The van der Waals surface area contributed by atoms with Crippen LogP contribution in [0.3, 0.4) is 0 Å². The molecule has 2 fully saturated rings. The van der Waals surface area contributed by atoms with Crippen LogP contribution in [0.1, 0.15) is 39.0 Å². The first-order chi connectivity index (χ1) is 15.4. The molecule has 2 aliphatic rings. The van der Waals surface area contributed by atoms with E-state index in [1.807, 2.05) is 0 Å². The van der Waals surface area contributed by atoms with Gasteiger partial charge in [0.25, 0.3) is 5.91 Å². The van der Waals surface area contributed by atoms with Crippen molar-refractivity contribution in [1.82, 2.24) is 19.9 Å². The molecule has 0 spiro atoms. The Morgan fingerprint density at radius 2 is 1.44 bits per heavy atom. The van der Waals surface area contributed by atoms with Gasteiger partial charge in [0.15, 0.2) is 5.69 Å². The van der Waals surface area contributed by atoms with Gasteiger partial charge in [0.05, 0.1) is 33.0 Å². The van der Waals surface area contributed by atoms with E-state index >= 15 is 0 Å². The van der Waals surface area contributed by atoms with Gasteiger partial charge in [-0.2, -0.15) is 0 Å². The fourth-order valence-corrected chi connectivity index (χ4v) is 3.35. The van der Waals surface area contributed by atoms with Gasteiger partial charge in [-0.25, -0.2) is 24.7 Å². The lowest BCUT2D eigenvalue weighted by atomic mass is 9.98. The fourth-order valence-electron chi connectivity index (χ4n) is 3.09. The van der Waals surface area contributed by atoms with Crippen LogP contribution in [0.25, 0.3) is 0 Å². The quantitative estimate of drug-likeness (QED) is 0.461. The summed E-state index contributed by atoms with van der Waals surface area (Å²) in [6.45, 7) is 4.91. The lowest BCUT2D eigenvalue weighted by molar-refractivity contribution is -0.0314. The van der Waals surface area contributed by atoms with E-state index < -0.39 is 11.9 Å². The number of carbonyl (C=O) groups excluding carboxylic acids is 2. The van der Waals surface area contributed by atoms with Crippen LogP contribution < -0.4 is 5.73 Å².